The summed E-state index contributed by atoms with van der Waals surface area (Å²) in [6.45, 7) is 6.72. The molecule has 0 saturated carbocycles. The average Bonchev–Trinajstić information content (AvgIpc) is 2.80. The Hall–Kier alpha value is -1.36. The molecule has 1 aliphatic heterocycles. The van der Waals surface area contributed by atoms with E-state index in [2.05, 4.69) is 23.4 Å². The second-order valence-corrected chi connectivity index (χ2v) is 5.06. The summed E-state index contributed by atoms with van der Waals surface area (Å²) in [4.78, 5) is 13.5. The van der Waals surface area contributed by atoms with Gasteiger partial charge in [-0.2, -0.15) is 5.10 Å². The Morgan fingerprint density at radius 1 is 1.50 bits per heavy atom. The second-order valence-electron chi connectivity index (χ2n) is 5.06. The van der Waals surface area contributed by atoms with Crippen molar-refractivity contribution in [1.29, 1.82) is 0 Å². The van der Waals surface area contributed by atoms with E-state index in [1.165, 1.54) is 5.69 Å². The number of hydrogen-bond donors (Lipinski definition) is 1. The van der Waals surface area contributed by atoms with Gasteiger partial charge < -0.3 is 10.2 Å². The van der Waals surface area contributed by atoms with Crippen LogP contribution in [0.25, 0.3) is 0 Å². The summed E-state index contributed by atoms with van der Waals surface area (Å²) < 4.78 is 2.03. The number of nitrogens with zero attached hydrogens (tertiary/aromatic N) is 3. The molecule has 1 aromatic heterocycles. The van der Waals surface area contributed by atoms with Gasteiger partial charge in [-0.15, -0.1) is 0 Å². The first kappa shape index (κ1) is 13.1. The molecule has 1 atom stereocenters. The molecule has 1 saturated heterocycles. The van der Waals surface area contributed by atoms with Gasteiger partial charge >= 0.3 is 0 Å². The molecule has 1 unspecified atom stereocenters. The highest BCUT2D eigenvalue weighted by Gasteiger charge is 2.27. The van der Waals surface area contributed by atoms with Crippen LogP contribution in [0.4, 0.5) is 0 Å². The lowest BCUT2D eigenvalue weighted by molar-refractivity contribution is -0.128. The number of aryl methyl sites for hydroxylation is 3. The Bertz CT molecular complexity index is 427. The molecule has 1 aromatic rings. The summed E-state index contributed by atoms with van der Waals surface area (Å²) in [5.41, 5.74) is 2.26. The summed E-state index contributed by atoms with van der Waals surface area (Å²) in [6, 6.07) is 2.11. The van der Waals surface area contributed by atoms with Gasteiger partial charge in [0.1, 0.15) is 0 Å². The minimum atomic E-state index is 0.0236. The zero-order valence-corrected chi connectivity index (χ0v) is 11.4. The number of likely N-dealkylation sites (N-methyl/N-ethyl adjacent to an activating group) is 1. The first-order valence-corrected chi connectivity index (χ1v) is 6.57. The Balaban J connectivity index is 1.70. The maximum Gasteiger partial charge on any atom is 0.239 e. The van der Waals surface area contributed by atoms with Crippen molar-refractivity contribution in [2.24, 2.45) is 0 Å². The van der Waals surface area contributed by atoms with Crippen molar-refractivity contribution in [2.75, 3.05) is 20.1 Å². The Kier molecular flexibility index (Phi) is 4.01. The van der Waals surface area contributed by atoms with Crippen LogP contribution in [0.3, 0.4) is 0 Å². The maximum atomic E-state index is 11.7. The Morgan fingerprint density at radius 3 is 2.83 bits per heavy atom. The van der Waals surface area contributed by atoms with Gasteiger partial charge in [0.25, 0.3) is 0 Å². The fourth-order valence-corrected chi connectivity index (χ4v) is 2.42. The van der Waals surface area contributed by atoms with Crippen LogP contribution in [-0.2, 0) is 11.3 Å². The monoisotopic (exact) mass is 250 g/mol. The largest absolute Gasteiger partial charge is 0.344 e. The van der Waals surface area contributed by atoms with Gasteiger partial charge in [0.15, 0.2) is 0 Å². The van der Waals surface area contributed by atoms with E-state index < -0.39 is 0 Å². The molecule has 1 N–H and O–H groups in total. The number of nitrogens with one attached hydrogen (secondary N) is 1. The number of carbonyl (C=O) groups is 1. The van der Waals surface area contributed by atoms with Gasteiger partial charge in [-0.05, 0) is 39.3 Å². The molecule has 2 rings (SSSR count). The molecule has 0 aliphatic carbocycles. The van der Waals surface area contributed by atoms with E-state index in [1.54, 1.807) is 4.90 Å². The van der Waals surface area contributed by atoms with Gasteiger partial charge in [0.05, 0.1) is 11.7 Å². The Morgan fingerprint density at radius 2 is 2.28 bits per heavy atom. The molecule has 1 fully saturated rings. The quantitative estimate of drug-likeness (QED) is 0.783. The van der Waals surface area contributed by atoms with Crippen LogP contribution in [0.1, 0.15) is 24.2 Å². The van der Waals surface area contributed by atoms with Crippen molar-refractivity contribution in [3.05, 3.63) is 17.5 Å². The second kappa shape index (κ2) is 5.52. The third kappa shape index (κ3) is 2.90. The van der Waals surface area contributed by atoms with Gasteiger partial charge in [-0.1, -0.05) is 0 Å². The van der Waals surface area contributed by atoms with E-state index in [0.717, 1.165) is 38.2 Å². The SMILES string of the molecule is Cc1cc(C)n(CCCNC2CCN(C)C2=O)n1. The van der Waals surface area contributed by atoms with Crippen LogP contribution in [-0.4, -0.2) is 46.8 Å². The van der Waals surface area contributed by atoms with Crippen molar-refractivity contribution in [2.45, 2.75) is 39.3 Å². The van der Waals surface area contributed by atoms with E-state index in [9.17, 15) is 4.79 Å². The molecular formula is C13H22N4O. The number of hydrogen-bond acceptors (Lipinski definition) is 3. The van der Waals surface area contributed by atoms with Gasteiger partial charge in [-0.3, -0.25) is 9.48 Å². The minimum Gasteiger partial charge on any atom is -0.344 e. The molecule has 1 amide bonds. The molecule has 0 aromatic carbocycles. The Labute approximate surface area is 108 Å². The maximum absolute atomic E-state index is 11.7. The zero-order valence-electron chi connectivity index (χ0n) is 11.4. The molecule has 100 valence electrons. The van der Waals surface area contributed by atoms with E-state index in [-0.39, 0.29) is 11.9 Å². The fraction of sp³-hybridized carbons (Fsp3) is 0.692. The minimum absolute atomic E-state index is 0.0236. The van der Waals surface area contributed by atoms with Crippen molar-refractivity contribution >= 4 is 5.91 Å². The summed E-state index contributed by atoms with van der Waals surface area (Å²) in [5.74, 6) is 0.223. The van der Waals surface area contributed by atoms with Crippen LogP contribution in [0, 0.1) is 13.8 Å². The van der Waals surface area contributed by atoms with Gasteiger partial charge in [-0.25, -0.2) is 0 Å². The predicted molar refractivity (Wildman–Crippen MR) is 70.4 cm³/mol. The zero-order chi connectivity index (χ0) is 13.1. The standard InChI is InChI=1S/C13H22N4O/c1-10-9-11(2)17(15-10)7-4-6-14-12-5-8-16(3)13(12)18/h9,12,14H,4-8H2,1-3H3. The van der Waals surface area contributed by atoms with Crippen LogP contribution < -0.4 is 5.32 Å². The van der Waals surface area contributed by atoms with Crippen LogP contribution in [0.15, 0.2) is 6.07 Å². The first-order valence-electron chi connectivity index (χ1n) is 6.57. The molecule has 2 heterocycles. The summed E-state index contributed by atoms with van der Waals surface area (Å²) in [6.07, 6.45) is 1.92. The third-order valence-electron chi connectivity index (χ3n) is 3.47. The molecule has 5 heteroatoms. The normalized spacial score (nSPS) is 19.8. The van der Waals surface area contributed by atoms with E-state index >= 15 is 0 Å². The lowest BCUT2D eigenvalue weighted by Crippen LogP contribution is -2.37. The number of carbonyl (C=O) groups excluding carboxylic acids is 1. The summed E-state index contributed by atoms with van der Waals surface area (Å²) >= 11 is 0. The molecule has 1 aliphatic rings. The summed E-state index contributed by atoms with van der Waals surface area (Å²) in [7, 11) is 1.86. The molecule has 18 heavy (non-hydrogen) atoms. The first-order chi connectivity index (χ1) is 8.58. The number of rotatable bonds is 5. The van der Waals surface area contributed by atoms with E-state index in [0.29, 0.717) is 0 Å². The number of amides is 1. The molecule has 0 radical (unpaired) electrons. The predicted octanol–water partition coefficient (Wildman–Crippen LogP) is 0.710. The highest BCUT2D eigenvalue weighted by molar-refractivity contribution is 5.83. The topological polar surface area (TPSA) is 50.2 Å². The lowest BCUT2D eigenvalue weighted by Gasteiger charge is -2.12. The lowest BCUT2D eigenvalue weighted by atomic mass is 10.2. The van der Waals surface area contributed by atoms with Crippen LogP contribution in [0.5, 0.6) is 0 Å². The molecule has 0 bridgehead atoms. The average molecular weight is 250 g/mol. The van der Waals surface area contributed by atoms with Crippen molar-refractivity contribution in [3.8, 4) is 0 Å². The van der Waals surface area contributed by atoms with Gasteiger partial charge in [0, 0.05) is 25.8 Å². The molecular weight excluding hydrogens is 228 g/mol. The summed E-state index contributed by atoms with van der Waals surface area (Å²) in [5, 5.41) is 7.75. The fourth-order valence-electron chi connectivity index (χ4n) is 2.42. The van der Waals surface area contributed by atoms with Crippen molar-refractivity contribution in [1.82, 2.24) is 20.0 Å². The highest BCUT2D eigenvalue weighted by atomic mass is 16.2. The molecule has 5 nitrogen and oxygen atoms in total. The van der Waals surface area contributed by atoms with Crippen molar-refractivity contribution < 1.29 is 4.79 Å². The third-order valence-corrected chi connectivity index (χ3v) is 3.47. The van der Waals surface area contributed by atoms with Crippen LogP contribution in [0.2, 0.25) is 0 Å². The van der Waals surface area contributed by atoms with Gasteiger partial charge in [0.2, 0.25) is 5.91 Å². The molecule has 0 spiro atoms. The number of aromatic nitrogens is 2. The van der Waals surface area contributed by atoms with E-state index in [4.69, 9.17) is 0 Å². The van der Waals surface area contributed by atoms with E-state index in [1.807, 2.05) is 18.7 Å². The smallest absolute Gasteiger partial charge is 0.239 e. The number of likely N-dealkylation sites (tertiary alicyclic amines) is 1. The van der Waals surface area contributed by atoms with Crippen molar-refractivity contribution in [3.63, 3.8) is 0 Å². The van der Waals surface area contributed by atoms with Crippen LogP contribution >= 0.6 is 0 Å². The highest BCUT2D eigenvalue weighted by Crippen LogP contribution is 2.08.